The molecule has 7 nitrogen and oxygen atoms in total. The maximum absolute atomic E-state index is 4.65. The normalized spacial score (nSPS) is 14.8. The van der Waals surface area contributed by atoms with Crippen LogP contribution in [-0.2, 0) is 0 Å². The van der Waals surface area contributed by atoms with Crippen LogP contribution in [0.4, 0.5) is 5.82 Å². The lowest BCUT2D eigenvalue weighted by atomic mass is 10.1. The zero-order valence-corrected chi connectivity index (χ0v) is 14.4. The van der Waals surface area contributed by atoms with Crippen molar-refractivity contribution in [3.8, 4) is 0 Å². The first-order valence-electron chi connectivity index (χ1n) is 7.33. The highest BCUT2D eigenvalue weighted by atomic mass is 79.9. The van der Waals surface area contributed by atoms with Gasteiger partial charge in [0.1, 0.15) is 6.33 Å². The molecular formula is C14H18BrN7. The predicted octanol–water partition coefficient (Wildman–Crippen LogP) is 1.87. The van der Waals surface area contributed by atoms with Gasteiger partial charge >= 0.3 is 0 Å². The van der Waals surface area contributed by atoms with Gasteiger partial charge in [0.15, 0.2) is 11.5 Å². The third-order valence-electron chi connectivity index (χ3n) is 3.62. The van der Waals surface area contributed by atoms with E-state index >= 15 is 0 Å². The summed E-state index contributed by atoms with van der Waals surface area (Å²) in [5.74, 6) is 0.844. The van der Waals surface area contributed by atoms with Crippen LogP contribution in [0.15, 0.2) is 23.1 Å². The largest absolute Gasteiger partial charge is 0.350 e. The van der Waals surface area contributed by atoms with Crippen molar-refractivity contribution in [1.82, 2.24) is 29.9 Å². The first-order valence-corrected chi connectivity index (χ1v) is 8.13. The van der Waals surface area contributed by atoms with Gasteiger partial charge in [-0.3, -0.25) is 4.40 Å². The molecule has 3 aromatic rings. The van der Waals surface area contributed by atoms with E-state index in [-0.39, 0.29) is 0 Å². The summed E-state index contributed by atoms with van der Waals surface area (Å²) in [4.78, 5) is 11.2. The van der Waals surface area contributed by atoms with E-state index in [2.05, 4.69) is 46.3 Å². The smallest absolute Gasteiger partial charge is 0.204 e. The summed E-state index contributed by atoms with van der Waals surface area (Å²) in [6.07, 6.45) is 3.45. The Morgan fingerprint density at radius 2 is 2.09 bits per heavy atom. The molecule has 22 heavy (non-hydrogen) atoms. The second kappa shape index (κ2) is 6.13. The average molecular weight is 364 g/mol. The van der Waals surface area contributed by atoms with E-state index in [1.807, 2.05) is 31.4 Å². The Labute approximate surface area is 136 Å². The van der Waals surface area contributed by atoms with Crippen LogP contribution in [0.1, 0.15) is 13.8 Å². The maximum atomic E-state index is 4.65. The maximum Gasteiger partial charge on any atom is 0.204 e. The lowest BCUT2D eigenvalue weighted by Gasteiger charge is -2.39. The van der Waals surface area contributed by atoms with E-state index in [0.717, 1.165) is 34.5 Å². The Morgan fingerprint density at radius 3 is 2.82 bits per heavy atom. The summed E-state index contributed by atoms with van der Waals surface area (Å²) in [5.41, 5.74) is 2.36. The van der Waals surface area contributed by atoms with Crippen LogP contribution in [0.2, 0.25) is 0 Å². The molecule has 1 aliphatic rings. The topological polar surface area (TPSA) is 71.2 Å². The number of nitrogens with zero attached hydrogens (tertiary/aromatic N) is 6. The lowest BCUT2D eigenvalue weighted by Crippen LogP contribution is -2.57. The number of fused-ring (bicyclic) bond motifs is 3. The molecular weight excluding hydrogens is 346 g/mol. The standard InChI is InChI=1S/C12H12BrN7.C2H6/c1-14-8-4-19(5-8)11-12-18-16-6-20(12)9-2-7(13)3-15-10(9)17-11;1-2/h2-3,6,8,14H,4-5H2,1H3;1-2H3. The molecule has 4 heterocycles. The van der Waals surface area contributed by atoms with Crippen molar-refractivity contribution in [2.45, 2.75) is 19.9 Å². The van der Waals surface area contributed by atoms with Crippen LogP contribution in [0.25, 0.3) is 16.8 Å². The van der Waals surface area contributed by atoms with E-state index in [9.17, 15) is 0 Å². The van der Waals surface area contributed by atoms with E-state index in [1.54, 1.807) is 12.5 Å². The first kappa shape index (κ1) is 15.1. The molecule has 116 valence electrons. The summed E-state index contributed by atoms with van der Waals surface area (Å²) in [6.45, 7) is 5.85. The van der Waals surface area contributed by atoms with E-state index in [1.165, 1.54) is 0 Å². The Morgan fingerprint density at radius 1 is 1.32 bits per heavy atom. The molecule has 0 aromatic carbocycles. The van der Waals surface area contributed by atoms with Crippen molar-refractivity contribution in [1.29, 1.82) is 0 Å². The van der Waals surface area contributed by atoms with Gasteiger partial charge in [-0.15, -0.1) is 10.2 Å². The molecule has 4 rings (SSSR count). The number of likely N-dealkylation sites (N-methyl/N-ethyl adjacent to an activating group) is 1. The molecule has 0 saturated carbocycles. The molecule has 1 aliphatic heterocycles. The lowest BCUT2D eigenvalue weighted by molar-refractivity contribution is 0.448. The Hall–Kier alpha value is -1.80. The number of hydrogen-bond acceptors (Lipinski definition) is 6. The first-order chi connectivity index (χ1) is 10.8. The minimum absolute atomic E-state index is 0.508. The highest BCUT2D eigenvalue weighted by Gasteiger charge is 2.29. The number of rotatable bonds is 2. The van der Waals surface area contributed by atoms with Crippen LogP contribution >= 0.6 is 15.9 Å². The molecule has 0 aliphatic carbocycles. The number of halogens is 1. The SMILES string of the molecule is CC.CNC1CN(c2nc3ncc(Br)cc3n3cnnc23)C1. The van der Waals surface area contributed by atoms with Crippen molar-refractivity contribution >= 4 is 38.6 Å². The number of anilines is 1. The molecule has 0 bridgehead atoms. The van der Waals surface area contributed by atoms with Gasteiger partial charge in [-0.1, -0.05) is 13.8 Å². The number of hydrogen-bond donors (Lipinski definition) is 1. The fraction of sp³-hybridized carbons (Fsp3) is 0.429. The Balaban J connectivity index is 0.000000693. The fourth-order valence-electron chi connectivity index (χ4n) is 2.45. The third kappa shape index (κ3) is 2.42. The number of pyridine rings is 1. The van der Waals surface area contributed by atoms with Gasteiger partial charge in [-0.25, -0.2) is 9.97 Å². The highest BCUT2D eigenvalue weighted by molar-refractivity contribution is 9.10. The van der Waals surface area contributed by atoms with E-state index in [0.29, 0.717) is 11.7 Å². The monoisotopic (exact) mass is 363 g/mol. The molecule has 1 saturated heterocycles. The number of nitrogens with one attached hydrogen (secondary N) is 1. The van der Waals surface area contributed by atoms with Gasteiger partial charge < -0.3 is 10.2 Å². The summed E-state index contributed by atoms with van der Waals surface area (Å²) in [6, 6.07) is 2.48. The van der Waals surface area contributed by atoms with Crippen molar-refractivity contribution in [3.05, 3.63) is 23.1 Å². The predicted molar refractivity (Wildman–Crippen MR) is 90.2 cm³/mol. The molecule has 0 unspecified atom stereocenters. The summed E-state index contributed by atoms with van der Waals surface area (Å²) in [7, 11) is 1.97. The van der Waals surface area contributed by atoms with Gasteiger partial charge in [-0.05, 0) is 29.0 Å². The third-order valence-corrected chi connectivity index (χ3v) is 4.06. The minimum Gasteiger partial charge on any atom is -0.350 e. The van der Waals surface area contributed by atoms with Crippen molar-refractivity contribution in [3.63, 3.8) is 0 Å². The molecule has 0 radical (unpaired) electrons. The summed E-state index contributed by atoms with van der Waals surface area (Å²) < 4.78 is 2.84. The van der Waals surface area contributed by atoms with Gasteiger partial charge in [0.05, 0.1) is 5.52 Å². The molecule has 3 aromatic heterocycles. The van der Waals surface area contributed by atoms with Gasteiger partial charge in [-0.2, -0.15) is 0 Å². The second-order valence-electron chi connectivity index (χ2n) is 4.85. The number of aromatic nitrogens is 5. The van der Waals surface area contributed by atoms with Crippen molar-refractivity contribution in [2.24, 2.45) is 0 Å². The quantitative estimate of drug-likeness (QED) is 0.749. The van der Waals surface area contributed by atoms with E-state index in [4.69, 9.17) is 0 Å². The van der Waals surface area contributed by atoms with E-state index < -0.39 is 0 Å². The Kier molecular flexibility index (Phi) is 4.21. The van der Waals surface area contributed by atoms with Crippen molar-refractivity contribution < 1.29 is 0 Å². The van der Waals surface area contributed by atoms with Crippen LogP contribution in [-0.4, -0.2) is 50.7 Å². The summed E-state index contributed by atoms with van der Waals surface area (Å²) in [5, 5.41) is 11.5. The Bertz CT molecular complexity index is 794. The minimum atomic E-state index is 0.508. The van der Waals surface area contributed by atoms with Crippen LogP contribution in [0.3, 0.4) is 0 Å². The molecule has 8 heteroatoms. The van der Waals surface area contributed by atoms with Crippen LogP contribution < -0.4 is 10.2 Å². The molecule has 1 N–H and O–H groups in total. The average Bonchev–Trinajstić information content (AvgIpc) is 2.98. The van der Waals surface area contributed by atoms with Crippen molar-refractivity contribution in [2.75, 3.05) is 25.0 Å². The zero-order valence-electron chi connectivity index (χ0n) is 12.8. The molecule has 0 amide bonds. The fourth-order valence-corrected chi connectivity index (χ4v) is 2.76. The second-order valence-corrected chi connectivity index (χ2v) is 5.76. The molecule has 0 spiro atoms. The van der Waals surface area contributed by atoms with Crippen LogP contribution in [0.5, 0.6) is 0 Å². The van der Waals surface area contributed by atoms with Gasteiger partial charge in [0.25, 0.3) is 0 Å². The summed E-state index contributed by atoms with van der Waals surface area (Å²) >= 11 is 3.43. The molecule has 1 fully saturated rings. The zero-order chi connectivity index (χ0) is 15.7. The van der Waals surface area contributed by atoms with Crippen LogP contribution in [0, 0.1) is 0 Å². The highest BCUT2D eigenvalue weighted by Crippen LogP contribution is 2.26. The molecule has 0 atom stereocenters. The van der Waals surface area contributed by atoms with Gasteiger partial charge in [0, 0.05) is 29.8 Å². The van der Waals surface area contributed by atoms with Gasteiger partial charge in [0.2, 0.25) is 5.65 Å².